The predicted octanol–water partition coefficient (Wildman–Crippen LogP) is 1.16. The van der Waals surface area contributed by atoms with E-state index in [0.717, 1.165) is 12.1 Å². The van der Waals surface area contributed by atoms with Gasteiger partial charge in [-0.25, -0.2) is 0 Å². The van der Waals surface area contributed by atoms with E-state index in [0.29, 0.717) is 24.8 Å². The van der Waals surface area contributed by atoms with Gasteiger partial charge in [0.2, 0.25) is 5.91 Å². The molecule has 0 bridgehead atoms. The van der Waals surface area contributed by atoms with Crippen molar-refractivity contribution in [3.63, 3.8) is 0 Å². The summed E-state index contributed by atoms with van der Waals surface area (Å²) in [5, 5.41) is 5.52. The maximum absolute atomic E-state index is 12.2. The quantitative estimate of drug-likeness (QED) is 0.825. The summed E-state index contributed by atoms with van der Waals surface area (Å²) >= 11 is 0. The second-order valence-electron chi connectivity index (χ2n) is 6.10. The van der Waals surface area contributed by atoms with Crippen LogP contribution in [-0.2, 0) is 9.59 Å². The number of ether oxygens (including phenoxy) is 1. The normalized spacial score (nSPS) is 16.5. The standard InChI is InChI=1S/C17H25N3O3/c1-12(2)8-9-19-16(21)11-20-10-15(17(22)18-3)23-14-7-5-4-6-13(14)20/h4-7,12,15H,8-11H2,1-3H3,(H,18,22)(H,19,21)/t15-/m1/s1. The zero-order valence-corrected chi connectivity index (χ0v) is 14.0. The van der Waals surface area contributed by atoms with Crippen molar-refractivity contribution in [1.82, 2.24) is 10.6 Å². The number of amides is 2. The number of nitrogens with zero attached hydrogens (tertiary/aromatic N) is 1. The highest BCUT2D eigenvalue weighted by molar-refractivity contribution is 5.86. The van der Waals surface area contributed by atoms with Crippen molar-refractivity contribution in [2.45, 2.75) is 26.4 Å². The monoisotopic (exact) mass is 319 g/mol. The van der Waals surface area contributed by atoms with Crippen molar-refractivity contribution in [3.8, 4) is 5.75 Å². The van der Waals surface area contributed by atoms with Crippen molar-refractivity contribution >= 4 is 17.5 Å². The predicted molar refractivity (Wildman–Crippen MR) is 89.6 cm³/mol. The number of likely N-dealkylation sites (N-methyl/N-ethyl adjacent to an activating group) is 1. The summed E-state index contributed by atoms with van der Waals surface area (Å²) in [6, 6.07) is 7.46. The number of carbonyl (C=O) groups is 2. The van der Waals surface area contributed by atoms with E-state index in [1.807, 2.05) is 29.2 Å². The minimum atomic E-state index is -0.613. The van der Waals surface area contributed by atoms with Crippen LogP contribution in [0.2, 0.25) is 0 Å². The number of benzene rings is 1. The molecule has 23 heavy (non-hydrogen) atoms. The Balaban J connectivity index is 2.04. The molecule has 0 spiro atoms. The molecule has 2 amide bonds. The molecule has 126 valence electrons. The summed E-state index contributed by atoms with van der Waals surface area (Å²) in [6.45, 7) is 5.48. The molecule has 2 rings (SSSR count). The molecule has 1 aromatic carbocycles. The molecule has 1 heterocycles. The summed E-state index contributed by atoms with van der Waals surface area (Å²) in [5.74, 6) is 0.946. The van der Waals surface area contributed by atoms with Crippen LogP contribution < -0.4 is 20.3 Å². The number of hydrogen-bond acceptors (Lipinski definition) is 4. The number of nitrogens with one attached hydrogen (secondary N) is 2. The Bertz CT molecular complexity index is 560. The van der Waals surface area contributed by atoms with Crippen LogP contribution in [0.5, 0.6) is 5.75 Å². The fourth-order valence-electron chi connectivity index (χ4n) is 2.48. The molecule has 0 aromatic heterocycles. The lowest BCUT2D eigenvalue weighted by Gasteiger charge is -2.35. The van der Waals surface area contributed by atoms with Crippen molar-refractivity contribution < 1.29 is 14.3 Å². The van der Waals surface area contributed by atoms with Crippen LogP contribution in [0.3, 0.4) is 0 Å². The van der Waals surface area contributed by atoms with Crippen molar-refractivity contribution in [3.05, 3.63) is 24.3 Å². The molecule has 0 unspecified atom stereocenters. The van der Waals surface area contributed by atoms with E-state index in [4.69, 9.17) is 4.74 Å². The second-order valence-corrected chi connectivity index (χ2v) is 6.10. The molecule has 1 aromatic rings. The highest BCUT2D eigenvalue weighted by Gasteiger charge is 2.30. The number of carbonyl (C=O) groups excluding carboxylic acids is 2. The molecular weight excluding hydrogens is 294 g/mol. The van der Waals surface area contributed by atoms with Crippen LogP contribution in [0, 0.1) is 5.92 Å². The Morgan fingerprint density at radius 1 is 1.35 bits per heavy atom. The first-order chi connectivity index (χ1) is 11.0. The lowest BCUT2D eigenvalue weighted by atomic mass is 10.1. The van der Waals surface area contributed by atoms with Crippen LogP contribution in [0.1, 0.15) is 20.3 Å². The van der Waals surface area contributed by atoms with E-state index in [-0.39, 0.29) is 18.4 Å². The van der Waals surface area contributed by atoms with Crippen molar-refractivity contribution in [2.24, 2.45) is 5.92 Å². The van der Waals surface area contributed by atoms with Gasteiger partial charge in [-0.3, -0.25) is 9.59 Å². The number of para-hydroxylation sites is 2. The molecule has 1 atom stereocenters. The zero-order valence-electron chi connectivity index (χ0n) is 14.0. The van der Waals surface area contributed by atoms with E-state index in [1.165, 1.54) is 0 Å². The molecule has 1 aliphatic heterocycles. The minimum Gasteiger partial charge on any atom is -0.477 e. The summed E-state index contributed by atoms with van der Waals surface area (Å²) < 4.78 is 5.72. The summed E-state index contributed by atoms with van der Waals surface area (Å²) in [4.78, 5) is 25.9. The van der Waals surface area contributed by atoms with Gasteiger partial charge in [-0.15, -0.1) is 0 Å². The lowest BCUT2D eigenvalue weighted by Crippen LogP contribution is -2.50. The van der Waals surface area contributed by atoms with E-state index >= 15 is 0 Å². The van der Waals surface area contributed by atoms with E-state index in [9.17, 15) is 9.59 Å². The van der Waals surface area contributed by atoms with Gasteiger partial charge in [-0.05, 0) is 24.5 Å². The van der Waals surface area contributed by atoms with E-state index in [2.05, 4.69) is 24.5 Å². The number of anilines is 1. The molecular formula is C17H25N3O3. The highest BCUT2D eigenvalue weighted by Crippen LogP contribution is 2.32. The summed E-state index contributed by atoms with van der Waals surface area (Å²) in [7, 11) is 1.58. The van der Waals surface area contributed by atoms with Gasteiger partial charge in [-0.1, -0.05) is 26.0 Å². The Morgan fingerprint density at radius 3 is 2.78 bits per heavy atom. The first-order valence-electron chi connectivity index (χ1n) is 8.00. The average Bonchev–Trinajstić information content (AvgIpc) is 2.53. The summed E-state index contributed by atoms with van der Waals surface area (Å²) in [5.41, 5.74) is 0.840. The Labute approximate surface area is 137 Å². The molecule has 0 aliphatic carbocycles. The minimum absolute atomic E-state index is 0.0435. The molecule has 6 nitrogen and oxygen atoms in total. The third-order valence-electron chi connectivity index (χ3n) is 3.78. The Morgan fingerprint density at radius 2 is 2.09 bits per heavy atom. The SMILES string of the molecule is CNC(=O)[C@H]1CN(CC(=O)NCCC(C)C)c2ccccc2O1. The first-order valence-corrected chi connectivity index (χ1v) is 8.00. The van der Waals surface area contributed by atoms with Crippen LogP contribution in [0.4, 0.5) is 5.69 Å². The fraction of sp³-hybridized carbons (Fsp3) is 0.529. The topological polar surface area (TPSA) is 70.7 Å². The smallest absolute Gasteiger partial charge is 0.262 e. The number of rotatable bonds is 6. The van der Waals surface area contributed by atoms with Crippen LogP contribution in [0.15, 0.2) is 24.3 Å². The molecule has 6 heteroatoms. The highest BCUT2D eigenvalue weighted by atomic mass is 16.5. The fourth-order valence-corrected chi connectivity index (χ4v) is 2.48. The molecule has 0 fully saturated rings. The Kier molecular flexibility index (Phi) is 5.84. The van der Waals surface area contributed by atoms with Crippen LogP contribution >= 0.6 is 0 Å². The van der Waals surface area contributed by atoms with Crippen LogP contribution in [0.25, 0.3) is 0 Å². The number of fused-ring (bicyclic) bond motifs is 1. The van der Waals surface area contributed by atoms with Gasteiger partial charge < -0.3 is 20.3 Å². The van der Waals surface area contributed by atoms with Crippen molar-refractivity contribution in [1.29, 1.82) is 0 Å². The average molecular weight is 319 g/mol. The van der Waals surface area contributed by atoms with Crippen LogP contribution in [-0.4, -0.2) is 44.6 Å². The second kappa shape index (κ2) is 7.85. The molecule has 0 saturated carbocycles. The van der Waals surface area contributed by atoms with Gasteiger partial charge in [-0.2, -0.15) is 0 Å². The lowest BCUT2D eigenvalue weighted by molar-refractivity contribution is -0.127. The van der Waals surface area contributed by atoms with Gasteiger partial charge >= 0.3 is 0 Å². The Hall–Kier alpha value is -2.24. The van der Waals surface area contributed by atoms with Gasteiger partial charge in [0, 0.05) is 13.6 Å². The largest absolute Gasteiger partial charge is 0.477 e. The van der Waals surface area contributed by atoms with Gasteiger partial charge in [0.25, 0.3) is 5.91 Å². The molecule has 1 aliphatic rings. The van der Waals surface area contributed by atoms with Gasteiger partial charge in [0.15, 0.2) is 6.10 Å². The maximum Gasteiger partial charge on any atom is 0.262 e. The van der Waals surface area contributed by atoms with E-state index < -0.39 is 6.10 Å². The molecule has 0 saturated heterocycles. The van der Waals surface area contributed by atoms with Gasteiger partial charge in [0.1, 0.15) is 5.75 Å². The number of hydrogen-bond donors (Lipinski definition) is 2. The first kappa shape index (κ1) is 17.1. The van der Waals surface area contributed by atoms with Crippen molar-refractivity contribution in [2.75, 3.05) is 31.6 Å². The summed E-state index contributed by atoms with van der Waals surface area (Å²) in [6.07, 6.45) is 0.338. The molecule has 2 N–H and O–H groups in total. The molecule has 0 radical (unpaired) electrons. The third kappa shape index (κ3) is 4.61. The maximum atomic E-state index is 12.2. The zero-order chi connectivity index (χ0) is 16.8. The van der Waals surface area contributed by atoms with Gasteiger partial charge in [0.05, 0.1) is 18.8 Å². The third-order valence-corrected chi connectivity index (χ3v) is 3.78. The van der Waals surface area contributed by atoms with E-state index in [1.54, 1.807) is 7.05 Å².